The number of nitrogens with zero attached hydrogens (tertiary/aromatic N) is 1. The van der Waals surface area contributed by atoms with E-state index in [-0.39, 0.29) is 0 Å². The zero-order chi connectivity index (χ0) is 11.7. The summed E-state index contributed by atoms with van der Waals surface area (Å²) in [6, 6.07) is 6.79. The zero-order valence-electron chi connectivity index (χ0n) is 10.2. The summed E-state index contributed by atoms with van der Waals surface area (Å²) < 4.78 is 5.74. The van der Waals surface area contributed by atoms with Crippen LogP contribution in [-0.2, 0) is 6.54 Å². The lowest BCUT2D eigenvalue weighted by Gasteiger charge is -2.08. The molecule has 3 rings (SSSR count). The number of benzene rings is 1. The van der Waals surface area contributed by atoms with E-state index in [9.17, 15) is 0 Å². The molecule has 3 heteroatoms. The number of aromatic nitrogens is 1. The van der Waals surface area contributed by atoms with Crippen LogP contribution in [0.5, 0.6) is 0 Å². The smallest absolute Gasteiger partial charge is 0.209 e. The molecule has 1 aromatic heterocycles. The standard InChI is InChI=1S/C14H18N2O/c1-10-6-7-12-13(8-10)17-14(16-12)9-15-11-4-2-3-5-11/h6-8,11,15H,2-5,9H2,1H3. The highest BCUT2D eigenvalue weighted by Crippen LogP contribution is 2.20. The van der Waals surface area contributed by atoms with E-state index in [0.717, 1.165) is 23.5 Å². The van der Waals surface area contributed by atoms with Crippen molar-refractivity contribution in [2.45, 2.75) is 45.2 Å². The van der Waals surface area contributed by atoms with Crippen LogP contribution in [0.4, 0.5) is 0 Å². The fraction of sp³-hybridized carbons (Fsp3) is 0.500. The lowest BCUT2D eigenvalue weighted by Crippen LogP contribution is -2.25. The Morgan fingerprint density at radius 2 is 2.18 bits per heavy atom. The SMILES string of the molecule is Cc1ccc2nc(CNC3CCCC3)oc2c1. The predicted octanol–water partition coefficient (Wildman–Crippen LogP) is 3.17. The van der Waals surface area contributed by atoms with E-state index >= 15 is 0 Å². The van der Waals surface area contributed by atoms with Crippen molar-refractivity contribution in [1.82, 2.24) is 10.3 Å². The van der Waals surface area contributed by atoms with Crippen molar-refractivity contribution < 1.29 is 4.42 Å². The molecule has 1 heterocycles. The molecule has 0 radical (unpaired) electrons. The van der Waals surface area contributed by atoms with Gasteiger partial charge in [-0.15, -0.1) is 0 Å². The van der Waals surface area contributed by atoms with Crippen LogP contribution < -0.4 is 5.32 Å². The van der Waals surface area contributed by atoms with Crippen LogP contribution in [0.2, 0.25) is 0 Å². The van der Waals surface area contributed by atoms with Crippen LogP contribution in [0.15, 0.2) is 22.6 Å². The van der Waals surface area contributed by atoms with Gasteiger partial charge in [0.05, 0.1) is 6.54 Å². The van der Waals surface area contributed by atoms with Crippen molar-refractivity contribution in [3.63, 3.8) is 0 Å². The van der Waals surface area contributed by atoms with Gasteiger partial charge in [-0.25, -0.2) is 4.98 Å². The van der Waals surface area contributed by atoms with Gasteiger partial charge < -0.3 is 9.73 Å². The van der Waals surface area contributed by atoms with E-state index in [1.165, 1.54) is 31.2 Å². The topological polar surface area (TPSA) is 38.1 Å². The van der Waals surface area contributed by atoms with Gasteiger partial charge in [0.2, 0.25) is 5.89 Å². The molecule has 1 aliphatic rings. The molecule has 0 bridgehead atoms. The van der Waals surface area contributed by atoms with Gasteiger partial charge in [-0.1, -0.05) is 18.9 Å². The van der Waals surface area contributed by atoms with Gasteiger partial charge in [-0.05, 0) is 37.5 Å². The number of aryl methyl sites for hydroxylation is 1. The highest BCUT2D eigenvalue weighted by molar-refractivity contribution is 5.73. The molecular weight excluding hydrogens is 212 g/mol. The Labute approximate surface area is 101 Å². The molecule has 0 spiro atoms. The summed E-state index contributed by atoms with van der Waals surface area (Å²) in [5.74, 6) is 0.803. The first-order valence-corrected chi connectivity index (χ1v) is 6.41. The second-order valence-electron chi connectivity index (χ2n) is 4.94. The summed E-state index contributed by atoms with van der Waals surface area (Å²) in [4.78, 5) is 4.49. The fourth-order valence-electron chi connectivity index (χ4n) is 2.52. The van der Waals surface area contributed by atoms with E-state index < -0.39 is 0 Å². The summed E-state index contributed by atoms with van der Waals surface area (Å²) in [5, 5.41) is 3.52. The van der Waals surface area contributed by atoms with Crippen LogP contribution in [0.25, 0.3) is 11.1 Å². The fourth-order valence-corrected chi connectivity index (χ4v) is 2.52. The van der Waals surface area contributed by atoms with Gasteiger partial charge in [-0.3, -0.25) is 0 Å². The molecule has 1 aromatic carbocycles. The van der Waals surface area contributed by atoms with E-state index in [1.807, 2.05) is 12.1 Å². The largest absolute Gasteiger partial charge is 0.439 e. The first-order valence-electron chi connectivity index (χ1n) is 6.41. The molecule has 0 amide bonds. The van der Waals surface area contributed by atoms with Gasteiger partial charge in [-0.2, -0.15) is 0 Å². The van der Waals surface area contributed by atoms with Crippen LogP contribution in [-0.4, -0.2) is 11.0 Å². The van der Waals surface area contributed by atoms with Gasteiger partial charge >= 0.3 is 0 Å². The highest BCUT2D eigenvalue weighted by Gasteiger charge is 2.15. The van der Waals surface area contributed by atoms with Crippen LogP contribution in [0, 0.1) is 6.92 Å². The Kier molecular flexibility index (Phi) is 2.85. The first-order chi connectivity index (χ1) is 8.31. The summed E-state index contributed by atoms with van der Waals surface area (Å²) in [6.45, 7) is 2.82. The molecule has 1 fully saturated rings. The van der Waals surface area contributed by atoms with Crippen molar-refractivity contribution >= 4 is 11.1 Å². The van der Waals surface area contributed by atoms with E-state index in [0.29, 0.717) is 6.04 Å². The zero-order valence-corrected chi connectivity index (χ0v) is 10.2. The lowest BCUT2D eigenvalue weighted by atomic mass is 10.2. The first kappa shape index (κ1) is 10.8. The molecule has 90 valence electrons. The number of hydrogen-bond donors (Lipinski definition) is 1. The predicted molar refractivity (Wildman–Crippen MR) is 67.8 cm³/mol. The Bertz CT molecular complexity index is 512. The summed E-state index contributed by atoms with van der Waals surface area (Å²) >= 11 is 0. The minimum absolute atomic E-state index is 0.659. The number of nitrogens with one attached hydrogen (secondary N) is 1. The minimum Gasteiger partial charge on any atom is -0.439 e. The van der Waals surface area contributed by atoms with Gasteiger partial charge in [0, 0.05) is 6.04 Å². The normalized spacial score (nSPS) is 17.0. The van der Waals surface area contributed by atoms with E-state index in [2.05, 4.69) is 23.3 Å². The number of oxazole rings is 1. The molecular formula is C14H18N2O. The summed E-state index contributed by atoms with van der Waals surface area (Å²) in [5.41, 5.74) is 3.07. The molecule has 0 aliphatic heterocycles. The summed E-state index contributed by atoms with van der Waals surface area (Å²) in [7, 11) is 0. The Morgan fingerprint density at radius 3 is 3.00 bits per heavy atom. The van der Waals surface area contributed by atoms with Gasteiger partial charge in [0.25, 0.3) is 0 Å². The molecule has 1 N–H and O–H groups in total. The maximum absolute atomic E-state index is 5.74. The number of fused-ring (bicyclic) bond motifs is 1. The molecule has 1 saturated carbocycles. The van der Waals surface area contributed by atoms with Crippen molar-refractivity contribution in [2.24, 2.45) is 0 Å². The number of rotatable bonds is 3. The minimum atomic E-state index is 0.659. The van der Waals surface area contributed by atoms with E-state index in [1.54, 1.807) is 0 Å². The van der Waals surface area contributed by atoms with Gasteiger partial charge in [0.1, 0.15) is 5.52 Å². The molecule has 0 unspecified atom stereocenters. The molecule has 1 aliphatic carbocycles. The Hall–Kier alpha value is -1.35. The second kappa shape index (κ2) is 4.49. The molecule has 2 aromatic rings. The molecule has 0 atom stereocenters. The van der Waals surface area contributed by atoms with E-state index in [4.69, 9.17) is 4.42 Å². The second-order valence-corrected chi connectivity index (χ2v) is 4.94. The maximum atomic E-state index is 5.74. The van der Waals surface area contributed by atoms with Crippen LogP contribution >= 0.6 is 0 Å². The Balaban J connectivity index is 1.72. The van der Waals surface area contributed by atoms with Crippen LogP contribution in [0.1, 0.15) is 37.1 Å². The third kappa shape index (κ3) is 2.34. The van der Waals surface area contributed by atoms with Crippen LogP contribution in [0.3, 0.4) is 0 Å². The van der Waals surface area contributed by atoms with Gasteiger partial charge in [0.15, 0.2) is 5.58 Å². The van der Waals surface area contributed by atoms with Crippen molar-refractivity contribution in [2.75, 3.05) is 0 Å². The quantitative estimate of drug-likeness (QED) is 0.880. The third-order valence-electron chi connectivity index (χ3n) is 3.49. The summed E-state index contributed by atoms with van der Waals surface area (Å²) in [6.07, 6.45) is 5.29. The average molecular weight is 230 g/mol. The average Bonchev–Trinajstić information content (AvgIpc) is 2.94. The van der Waals surface area contributed by atoms with Crippen molar-refractivity contribution in [1.29, 1.82) is 0 Å². The Morgan fingerprint density at radius 1 is 1.35 bits per heavy atom. The third-order valence-corrected chi connectivity index (χ3v) is 3.49. The monoisotopic (exact) mass is 230 g/mol. The molecule has 3 nitrogen and oxygen atoms in total. The van der Waals surface area contributed by atoms with Crippen molar-refractivity contribution in [3.8, 4) is 0 Å². The molecule has 17 heavy (non-hydrogen) atoms. The lowest BCUT2D eigenvalue weighted by molar-refractivity contribution is 0.450. The maximum Gasteiger partial charge on any atom is 0.209 e. The van der Waals surface area contributed by atoms with Crippen molar-refractivity contribution in [3.05, 3.63) is 29.7 Å². The number of hydrogen-bond acceptors (Lipinski definition) is 3. The molecule has 0 saturated heterocycles. The highest BCUT2D eigenvalue weighted by atomic mass is 16.3.